The fraction of sp³-hybridized carbons (Fsp3) is 0.500. The molecule has 0 aromatic heterocycles. The molecule has 0 fully saturated rings. The molecule has 0 aliphatic carbocycles. The Morgan fingerprint density at radius 3 is 2.45 bits per heavy atom. The highest BCUT2D eigenvalue weighted by Gasteiger charge is 2.10. The van der Waals surface area contributed by atoms with E-state index < -0.39 is 5.97 Å². The van der Waals surface area contributed by atoms with Crippen LogP contribution in [0.1, 0.15) is 39.5 Å². The van der Waals surface area contributed by atoms with Gasteiger partial charge >= 0.3 is 5.97 Å². The second kappa shape index (κ2) is 8.92. The minimum atomic E-state index is -0.842. The number of carbonyl (C=O) groups excluding carboxylic acids is 1. The Hall–Kier alpha value is -2.24. The summed E-state index contributed by atoms with van der Waals surface area (Å²) in [6.45, 7) is 3.82. The Kier molecular flexibility index (Phi) is 7.22. The van der Waals surface area contributed by atoms with Crippen molar-refractivity contribution in [3.8, 4) is 11.5 Å². The minimum Gasteiger partial charge on any atom is -0.493 e. The van der Waals surface area contributed by atoms with Gasteiger partial charge in [0.05, 0.1) is 13.2 Å². The van der Waals surface area contributed by atoms with Crippen molar-refractivity contribution in [3.05, 3.63) is 18.2 Å². The van der Waals surface area contributed by atoms with Crippen molar-refractivity contribution in [1.82, 2.24) is 0 Å². The van der Waals surface area contributed by atoms with Gasteiger partial charge in [0.1, 0.15) is 0 Å². The molecule has 0 saturated heterocycles. The highest BCUT2D eigenvalue weighted by atomic mass is 16.5. The van der Waals surface area contributed by atoms with Crippen LogP contribution in [0, 0.1) is 0 Å². The van der Waals surface area contributed by atoms with Crippen molar-refractivity contribution in [2.45, 2.75) is 45.6 Å². The molecule has 1 rings (SSSR count). The Morgan fingerprint density at radius 1 is 1.18 bits per heavy atom. The number of methoxy groups -OCH3 is 1. The summed E-state index contributed by atoms with van der Waals surface area (Å²) in [5.41, 5.74) is 0.625. The third-order valence-electron chi connectivity index (χ3n) is 2.85. The zero-order chi connectivity index (χ0) is 16.5. The molecule has 1 aromatic rings. The van der Waals surface area contributed by atoms with Gasteiger partial charge in [0, 0.05) is 24.6 Å². The number of carboxylic acid groups (broad SMARTS) is 1. The molecule has 0 heterocycles. The Bertz CT molecular complexity index is 513. The first-order valence-electron chi connectivity index (χ1n) is 7.28. The van der Waals surface area contributed by atoms with Crippen molar-refractivity contribution in [2.24, 2.45) is 0 Å². The van der Waals surface area contributed by atoms with E-state index in [1.54, 1.807) is 25.3 Å². The molecule has 22 heavy (non-hydrogen) atoms. The molecule has 0 radical (unpaired) electrons. The number of carboxylic acids is 1. The van der Waals surface area contributed by atoms with E-state index >= 15 is 0 Å². The second-order valence-electron chi connectivity index (χ2n) is 5.18. The molecule has 6 heteroatoms. The number of unbranched alkanes of at least 4 members (excludes halogenated alkanes) is 1. The standard InChI is InChI=1S/C16H23NO5/c1-11(2)22-14-10-12(8-9-13(14)21-3)17-15(18)6-4-5-7-16(19)20/h8-11H,4-7H2,1-3H3,(H,17,18)(H,19,20). The lowest BCUT2D eigenvalue weighted by Gasteiger charge is -2.15. The summed E-state index contributed by atoms with van der Waals surface area (Å²) in [6, 6.07) is 5.19. The van der Waals surface area contributed by atoms with Crippen molar-refractivity contribution >= 4 is 17.6 Å². The van der Waals surface area contributed by atoms with Crippen LogP contribution < -0.4 is 14.8 Å². The smallest absolute Gasteiger partial charge is 0.303 e. The summed E-state index contributed by atoms with van der Waals surface area (Å²) in [7, 11) is 1.56. The van der Waals surface area contributed by atoms with Crippen molar-refractivity contribution in [1.29, 1.82) is 0 Å². The molecule has 2 N–H and O–H groups in total. The number of benzene rings is 1. The summed E-state index contributed by atoms with van der Waals surface area (Å²) in [5, 5.41) is 11.3. The lowest BCUT2D eigenvalue weighted by Crippen LogP contribution is -2.12. The average molecular weight is 309 g/mol. The first-order valence-corrected chi connectivity index (χ1v) is 7.28. The highest BCUT2D eigenvalue weighted by Crippen LogP contribution is 2.31. The van der Waals surface area contributed by atoms with E-state index in [2.05, 4.69) is 5.32 Å². The molecule has 1 amide bonds. The van der Waals surface area contributed by atoms with E-state index in [9.17, 15) is 9.59 Å². The second-order valence-corrected chi connectivity index (χ2v) is 5.18. The van der Waals surface area contributed by atoms with Crippen LogP contribution in [0.5, 0.6) is 11.5 Å². The van der Waals surface area contributed by atoms with Crippen LogP contribution >= 0.6 is 0 Å². The molecule has 0 unspecified atom stereocenters. The quantitative estimate of drug-likeness (QED) is 0.685. The first kappa shape index (κ1) is 17.8. The van der Waals surface area contributed by atoms with Crippen molar-refractivity contribution < 1.29 is 24.2 Å². The van der Waals surface area contributed by atoms with Crippen molar-refractivity contribution in [3.63, 3.8) is 0 Å². The average Bonchev–Trinajstić information content (AvgIpc) is 2.43. The van der Waals surface area contributed by atoms with Crippen LogP contribution in [0.4, 0.5) is 5.69 Å². The Balaban J connectivity index is 2.57. The van der Waals surface area contributed by atoms with Crippen LogP contribution in [-0.4, -0.2) is 30.2 Å². The predicted octanol–water partition coefficient (Wildman–Crippen LogP) is 3.07. The fourth-order valence-corrected chi connectivity index (χ4v) is 1.89. The zero-order valence-corrected chi connectivity index (χ0v) is 13.2. The number of anilines is 1. The number of amides is 1. The van der Waals surface area contributed by atoms with Crippen LogP contribution in [0.25, 0.3) is 0 Å². The van der Waals surface area contributed by atoms with E-state index in [0.717, 1.165) is 0 Å². The molecule has 0 spiro atoms. The van der Waals surface area contributed by atoms with Crippen LogP contribution in [0.15, 0.2) is 18.2 Å². The molecule has 0 aliphatic rings. The summed E-state index contributed by atoms with van der Waals surface area (Å²) in [5.74, 6) is 0.187. The lowest BCUT2D eigenvalue weighted by atomic mass is 10.2. The molecule has 1 aromatic carbocycles. The van der Waals surface area contributed by atoms with Gasteiger partial charge in [0.25, 0.3) is 0 Å². The first-order chi connectivity index (χ1) is 10.4. The van der Waals surface area contributed by atoms with Gasteiger partial charge in [-0.3, -0.25) is 9.59 Å². The van der Waals surface area contributed by atoms with Gasteiger partial charge in [-0.1, -0.05) is 0 Å². The SMILES string of the molecule is COc1ccc(NC(=O)CCCCC(=O)O)cc1OC(C)C. The number of nitrogens with one attached hydrogen (secondary N) is 1. The number of hydrogen-bond donors (Lipinski definition) is 2. The fourth-order valence-electron chi connectivity index (χ4n) is 1.89. The predicted molar refractivity (Wildman–Crippen MR) is 83.5 cm³/mol. The van der Waals surface area contributed by atoms with Crippen LogP contribution in [0.2, 0.25) is 0 Å². The van der Waals surface area contributed by atoms with E-state index in [4.69, 9.17) is 14.6 Å². The van der Waals surface area contributed by atoms with Gasteiger partial charge in [0.15, 0.2) is 11.5 Å². The number of aliphatic carboxylic acids is 1. The number of ether oxygens (including phenoxy) is 2. The maximum atomic E-state index is 11.8. The molecular weight excluding hydrogens is 286 g/mol. The molecule has 0 atom stereocenters. The minimum absolute atomic E-state index is 0.00382. The summed E-state index contributed by atoms with van der Waals surface area (Å²) < 4.78 is 10.9. The summed E-state index contributed by atoms with van der Waals surface area (Å²) >= 11 is 0. The Morgan fingerprint density at radius 2 is 1.86 bits per heavy atom. The van der Waals surface area contributed by atoms with Crippen molar-refractivity contribution in [2.75, 3.05) is 12.4 Å². The molecular formula is C16H23NO5. The van der Waals surface area contributed by atoms with Gasteiger partial charge in [-0.05, 0) is 38.8 Å². The molecule has 6 nitrogen and oxygen atoms in total. The Labute approximate surface area is 130 Å². The molecule has 0 aliphatic heterocycles. The molecule has 0 saturated carbocycles. The summed E-state index contributed by atoms with van der Waals surface area (Å²) in [4.78, 5) is 22.2. The monoisotopic (exact) mass is 309 g/mol. The van der Waals surface area contributed by atoms with E-state index in [1.807, 2.05) is 13.8 Å². The third kappa shape index (κ3) is 6.47. The van der Waals surface area contributed by atoms with Crippen LogP contribution in [-0.2, 0) is 9.59 Å². The van der Waals surface area contributed by atoms with Gasteiger partial charge < -0.3 is 19.9 Å². The van der Waals surface area contributed by atoms with Gasteiger partial charge in [-0.2, -0.15) is 0 Å². The van der Waals surface area contributed by atoms with E-state index in [-0.39, 0.29) is 18.4 Å². The molecule has 0 bridgehead atoms. The zero-order valence-electron chi connectivity index (χ0n) is 13.2. The van der Waals surface area contributed by atoms with Gasteiger partial charge in [-0.25, -0.2) is 0 Å². The number of hydrogen-bond acceptors (Lipinski definition) is 4. The molecule has 122 valence electrons. The third-order valence-corrected chi connectivity index (χ3v) is 2.85. The maximum absolute atomic E-state index is 11.8. The normalized spacial score (nSPS) is 10.4. The van der Waals surface area contributed by atoms with Gasteiger partial charge in [-0.15, -0.1) is 0 Å². The summed E-state index contributed by atoms with van der Waals surface area (Å²) in [6.07, 6.45) is 1.41. The lowest BCUT2D eigenvalue weighted by molar-refractivity contribution is -0.137. The highest BCUT2D eigenvalue weighted by molar-refractivity contribution is 5.91. The maximum Gasteiger partial charge on any atom is 0.303 e. The number of carbonyl (C=O) groups is 2. The van der Waals surface area contributed by atoms with Crippen LogP contribution in [0.3, 0.4) is 0 Å². The van der Waals surface area contributed by atoms with E-state index in [1.165, 1.54) is 0 Å². The number of rotatable bonds is 9. The van der Waals surface area contributed by atoms with E-state index in [0.29, 0.717) is 36.4 Å². The topological polar surface area (TPSA) is 84.9 Å². The van der Waals surface area contributed by atoms with Gasteiger partial charge in [0.2, 0.25) is 5.91 Å². The largest absolute Gasteiger partial charge is 0.493 e.